The Morgan fingerprint density at radius 3 is 2.18 bits per heavy atom. The molecule has 0 bridgehead atoms. The van der Waals surface area contributed by atoms with Crippen molar-refractivity contribution in [3.05, 3.63) is 53.3 Å². The highest BCUT2D eigenvalue weighted by atomic mass is 19.2. The molecular weight excluding hydrogens is 299 g/mol. The number of anilines is 2. The van der Waals surface area contributed by atoms with Gasteiger partial charge in [-0.25, -0.2) is 13.6 Å². The van der Waals surface area contributed by atoms with Crippen LogP contribution in [-0.4, -0.2) is 25.2 Å². The van der Waals surface area contributed by atoms with Gasteiger partial charge in [-0.2, -0.15) is 4.39 Å². The zero-order chi connectivity index (χ0) is 16.4. The summed E-state index contributed by atoms with van der Waals surface area (Å²) in [5.41, 5.74) is -1.31. The number of carboxylic acids is 1. The molecule has 4 nitrogen and oxygen atoms in total. The number of nitrogens with zero attached hydrogens (tertiary/aromatic N) is 1. The minimum atomic E-state index is -1.78. The Bertz CT molecular complexity index is 720. The van der Waals surface area contributed by atoms with Crippen LogP contribution in [0.1, 0.15) is 10.4 Å². The smallest absolute Gasteiger partial charge is 0.341 e. The quantitative estimate of drug-likeness (QED) is 0.877. The Labute approximate surface area is 124 Å². The summed E-state index contributed by atoms with van der Waals surface area (Å²) < 4.78 is 46.6. The molecule has 116 valence electrons. The van der Waals surface area contributed by atoms with Gasteiger partial charge >= 0.3 is 5.97 Å². The molecule has 1 N–H and O–H groups in total. The maximum absolute atomic E-state index is 14.4. The van der Waals surface area contributed by atoms with E-state index >= 15 is 0 Å². The van der Waals surface area contributed by atoms with Crippen LogP contribution in [0.5, 0.6) is 5.75 Å². The molecule has 0 unspecified atom stereocenters. The fraction of sp³-hybridized carbons (Fsp3) is 0.133. The lowest BCUT2D eigenvalue weighted by Crippen LogP contribution is -2.19. The minimum absolute atomic E-state index is 0.400. The topological polar surface area (TPSA) is 49.8 Å². The molecule has 0 aliphatic carbocycles. The maximum atomic E-state index is 14.4. The van der Waals surface area contributed by atoms with Crippen LogP contribution >= 0.6 is 0 Å². The highest BCUT2D eigenvalue weighted by Gasteiger charge is 2.31. The molecule has 0 atom stereocenters. The number of hydrogen-bond donors (Lipinski definition) is 1. The van der Waals surface area contributed by atoms with E-state index in [1.165, 1.54) is 7.05 Å². The number of methoxy groups -OCH3 is 1. The number of hydrogen-bond acceptors (Lipinski definition) is 3. The van der Waals surface area contributed by atoms with Crippen LogP contribution in [0.4, 0.5) is 24.5 Å². The molecule has 0 radical (unpaired) electrons. The van der Waals surface area contributed by atoms with Gasteiger partial charge in [-0.15, -0.1) is 0 Å². The monoisotopic (exact) mass is 311 g/mol. The van der Waals surface area contributed by atoms with Crippen molar-refractivity contribution in [3.63, 3.8) is 0 Å². The molecular formula is C15H12F3NO3. The van der Waals surface area contributed by atoms with E-state index in [-0.39, 0.29) is 0 Å². The molecule has 2 aromatic rings. The Kier molecular flexibility index (Phi) is 4.25. The summed E-state index contributed by atoms with van der Waals surface area (Å²) in [5, 5.41) is 9.11. The van der Waals surface area contributed by atoms with Gasteiger partial charge in [-0.1, -0.05) is 18.2 Å². The number of rotatable bonds is 4. The lowest BCUT2D eigenvalue weighted by atomic mass is 10.1. The van der Waals surface area contributed by atoms with Crippen LogP contribution in [0.25, 0.3) is 0 Å². The second kappa shape index (κ2) is 5.97. The fourth-order valence-corrected chi connectivity index (χ4v) is 2.10. The van der Waals surface area contributed by atoms with E-state index in [1.807, 2.05) is 0 Å². The molecule has 7 heteroatoms. The average Bonchev–Trinajstić information content (AvgIpc) is 2.51. The minimum Gasteiger partial charge on any atom is -0.491 e. The van der Waals surface area contributed by atoms with Gasteiger partial charge in [0.25, 0.3) is 0 Å². The van der Waals surface area contributed by atoms with E-state index in [0.29, 0.717) is 5.69 Å². The SMILES string of the molecule is COc1c(F)c(F)c(C(=O)O)c(N(C)c2ccccc2)c1F. The lowest BCUT2D eigenvalue weighted by molar-refractivity contribution is 0.0690. The molecule has 0 saturated heterocycles. The Morgan fingerprint density at radius 1 is 1.09 bits per heavy atom. The third kappa shape index (κ3) is 2.45. The van der Waals surface area contributed by atoms with Crippen molar-refractivity contribution in [1.82, 2.24) is 0 Å². The average molecular weight is 311 g/mol. The van der Waals surface area contributed by atoms with Crippen LogP contribution in [0.15, 0.2) is 30.3 Å². The summed E-state index contributed by atoms with van der Waals surface area (Å²) in [4.78, 5) is 12.4. The zero-order valence-electron chi connectivity index (χ0n) is 11.7. The number of aromatic carboxylic acids is 1. The third-order valence-corrected chi connectivity index (χ3v) is 3.15. The molecule has 0 amide bonds. The second-order valence-corrected chi connectivity index (χ2v) is 4.40. The largest absolute Gasteiger partial charge is 0.491 e. The fourth-order valence-electron chi connectivity index (χ4n) is 2.10. The standard InChI is InChI=1S/C15H12F3NO3/c1-19(8-6-4-3-5-7-8)13-9(15(20)21)10(16)11(17)14(22-2)12(13)18/h3-7H,1-2H3,(H,20,21). The first-order valence-corrected chi connectivity index (χ1v) is 6.16. The summed E-state index contributed by atoms with van der Waals surface area (Å²) in [6.45, 7) is 0. The molecule has 0 spiro atoms. The van der Waals surface area contributed by atoms with Crippen LogP contribution in [0, 0.1) is 17.5 Å². The van der Waals surface area contributed by atoms with Gasteiger partial charge in [0, 0.05) is 12.7 Å². The van der Waals surface area contributed by atoms with Gasteiger partial charge in [0.15, 0.2) is 17.4 Å². The number of carbonyl (C=O) groups is 1. The van der Waals surface area contributed by atoms with Crippen LogP contribution in [-0.2, 0) is 0 Å². The van der Waals surface area contributed by atoms with Crippen LogP contribution in [0.2, 0.25) is 0 Å². The molecule has 0 aliphatic heterocycles. The van der Waals surface area contributed by atoms with Crippen molar-refractivity contribution in [2.45, 2.75) is 0 Å². The normalized spacial score (nSPS) is 10.4. The Balaban J connectivity index is 2.78. The highest BCUT2D eigenvalue weighted by molar-refractivity contribution is 5.96. The van der Waals surface area contributed by atoms with E-state index in [4.69, 9.17) is 5.11 Å². The van der Waals surface area contributed by atoms with Crippen molar-refractivity contribution in [2.75, 3.05) is 19.1 Å². The predicted octanol–water partition coefficient (Wildman–Crippen LogP) is 3.58. The van der Waals surface area contributed by atoms with Crippen molar-refractivity contribution >= 4 is 17.3 Å². The third-order valence-electron chi connectivity index (χ3n) is 3.15. The molecule has 2 aromatic carbocycles. The zero-order valence-corrected chi connectivity index (χ0v) is 11.7. The molecule has 0 saturated carbocycles. The van der Waals surface area contributed by atoms with Gasteiger partial charge in [0.05, 0.1) is 12.8 Å². The van der Waals surface area contributed by atoms with Crippen molar-refractivity contribution in [1.29, 1.82) is 0 Å². The number of para-hydroxylation sites is 1. The van der Waals surface area contributed by atoms with E-state index in [0.717, 1.165) is 12.0 Å². The summed E-state index contributed by atoms with van der Waals surface area (Å²) in [6, 6.07) is 8.12. The van der Waals surface area contributed by atoms with Gasteiger partial charge in [-0.3, -0.25) is 0 Å². The molecule has 0 heterocycles. The van der Waals surface area contributed by atoms with E-state index in [2.05, 4.69) is 4.74 Å². The number of benzene rings is 2. The molecule has 2 rings (SSSR count). The lowest BCUT2D eigenvalue weighted by Gasteiger charge is -2.23. The van der Waals surface area contributed by atoms with Gasteiger partial charge < -0.3 is 14.7 Å². The first-order chi connectivity index (χ1) is 10.4. The Morgan fingerprint density at radius 2 is 1.68 bits per heavy atom. The van der Waals surface area contributed by atoms with Crippen LogP contribution in [0.3, 0.4) is 0 Å². The molecule has 22 heavy (non-hydrogen) atoms. The predicted molar refractivity (Wildman–Crippen MR) is 74.3 cm³/mol. The summed E-state index contributed by atoms with van der Waals surface area (Å²) in [7, 11) is 2.31. The molecule has 0 aliphatic rings. The molecule has 0 aromatic heterocycles. The highest BCUT2D eigenvalue weighted by Crippen LogP contribution is 2.38. The van der Waals surface area contributed by atoms with Crippen molar-refractivity contribution < 1.29 is 27.8 Å². The molecule has 0 fully saturated rings. The summed E-state index contributed by atoms with van der Waals surface area (Å²) in [6.07, 6.45) is 0. The van der Waals surface area contributed by atoms with Gasteiger partial charge in [0.1, 0.15) is 5.56 Å². The van der Waals surface area contributed by atoms with E-state index in [1.54, 1.807) is 30.3 Å². The first kappa shape index (κ1) is 15.7. The van der Waals surface area contributed by atoms with Crippen LogP contribution < -0.4 is 9.64 Å². The second-order valence-electron chi connectivity index (χ2n) is 4.40. The van der Waals surface area contributed by atoms with Gasteiger partial charge in [-0.05, 0) is 12.1 Å². The maximum Gasteiger partial charge on any atom is 0.341 e. The summed E-state index contributed by atoms with van der Waals surface area (Å²) >= 11 is 0. The van der Waals surface area contributed by atoms with E-state index in [9.17, 15) is 18.0 Å². The number of ether oxygens (including phenoxy) is 1. The Hall–Kier alpha value is -2.70. The van der Waals surface area contributed by atoms with E-state index < -0.39 is 40.4 Å². The van der Waals surface area contributed by atoms with Crippen molar-refractivity contribution in [2.24, 2.45) is 0 Å². The van der Waals surface area contributed by atoms with Gasteiger partial charge in [0.2, 0.25) is 5.82 Å². The van der Waals surface area contributed by atoms with Crippen molar-refractivity contribution in [3.8, 4) is 5.75 Å². The first-order valence-electron chi connectivity index (χ1n) is 6.16. The summed E-state index contributed by atoms with van der Waals surface area (Å²) in [5.74, 6) is -7.40. The number of halogens is 3. The number of carboxylic acid groups (broad SMARTS) is 1.